The molecule has 1 fully saturated rings. The van der Waals surface area contributed by atoms with Crippen LogP contribution in [0.25, 0.3) is 0 Å². The van der Waals surface area contributed by atoms with Crippen LogP contribution in [0.1, 0.15) is 76.5 Å². The first-order chi connectivity index (χ1) is 10.7. The van der Waals surface area contributed by atoms with E-state index >= 15 is 0 Å². The van der Waals surface area contributed by atoms with Gasteiger partial charge < -0.3 is 10.3 Å². The SMILES string of the molecule is CC(C)c1c(O)ccc2c1CC[C@H]1C(C)(C)/C(=N/O)CC[C@]21C. The molecular formula is C20H29NO2. The summed E-state index contributed by atoms with van der Waals surface area (Å²) >= 11 is 0. The zero-order valence-electron chi connectivity index (χ0n) is 15.0. The fourth-order valence-corrected chi connectivity index (χ4v) is 5.44. The van der Waals surface area contributed by atoms with Crippen molar-refractivity contribution in [2.75, 3.05) is 0 Å². The van der Waals surface area contributed by atoms with Gasteiger partial charge in [0.2, 0.25) is 0 Å². The Morgan fingerprint density at radius 3 is 2.48 bits per heavy atom. The third-order valence-corrected chi connectivity index (χ3v) is 6.60. The molecule has 0 saturated heterocycles. The van der Waals surface area contributed by atoms with Crippen LogP contribution in [0, 0.1) is 11.3 Å². The van der Waals surface area contributed by atoms with E-state index in [1.54, 1.807) is 0 Å². The van der Waals surface area contributed by atoms with Gasteiger partial charge in [-0.05, 0) is 65.7 Å². The third-order valence-electron chi connectivity index (χ3n) is 6.60. The number of hydrogen-bond donors (Lipinski definition) is 2. The smallest absolute Gasteiger partial charge is 0.119 e. The Labute approximate surface area is 139 Å². The molecule has 3 heteroatoms. The van der Waals surface area contributed by atoms with Gasteiger partial charge in [0, 0.05) is 5.41 Å². The van der Waals surface area contributed by atoms with E-state index in [2.05, 4.69) is 45.8 Å². The summed E-state index contributed by atoms with van der Waals surface area (Å²) in [6, 6.07) is 4.02. The Morgan fingerprint density at radius 2 is 1.87 bits per heavy atom. The van der Waals surface area contributed by atoms with Gasteiger partial charge in [0.05, 0.1) is 5.71 Å². The standard InChI is InChI=1S/C20H29NO2/c1-12(2)18-13-6-9-16-19(3,4)17(21-23)10-11-20(16,5)14(13)7-8-15(18)22/h7-8,12,16,22-23H,6,9-11H2,1-5H3/b21-17+/t16-,20+/m0/s1. The number of fused-ring (bicyclic) bond motifs is 3. The molecule has 23 heavy (non-hydrogen) atoms. The van der Waals surface area contributed by atoms with Crippen LogP contribution in [0.15, 0.2) is 17.3 Å². The van der Waals surface area contributed by atoms with Gasteiger partial charge in [0.1, 0.15) is 5.75 Å². The maximum atomic E-state index is 10.3. The average Bonchev–Trinajstić information content (AvgIpc) is 2.46. The summed E-state index contributed by atoms with van der Waals surface area (Å²) in [4.78, 5) is 0. The highest BCUT2D eigenvalue weighted by Crippen LogP contribution is 2.57. The third kappa shape index (κ3) is 2.20. The van der Waals surface area contributed by atoms with Gasteiger partial charge in [0.25, 0.3) is 0 Å². The summed E-state index contributed by atoms with van der Waals surface area (Å²) in [6.07, 6.45) is 3.93. The molecule has 2 N–H and O–H groups in total. The summed E-state index contributed by atoms with van der Waals surface area (Å²) in [7, 11) is 0. The van der Waals surface area contributed by atoms with Gasteiger partial charge >= 0.3 is 0 Å². The van der Waals surface area contributed by atoms with E-state index in [4.69, 9.17) is 0 Å². The monoisotopic (exact) mass is 315 g/mol. The van der Waals surface area contributed by atoms with E-state index in [0.717, 1.165) is 37.0 Å². The number of rotatable bonds is 1. The molecule has 2 aliphatic carbocycles. The lowest BCUT2D eigenvalue weighted by Gasteiger charge is -2.54. The van der Waals surface area contributed by atoms with Gasteiger partial charge in [-0.25, -0.2) is 0 Å². The van der Waals surface area contributed by atoms with Crippen LogP contribution in [0.3, 0.4) is 0 Å². The topological polar surface area (TPSA) is 52.8 Å². The lowest BCUT2D eigenvalue weighted by atomic mass is 9.49. The highest BCUT2D eigenvalue weighted by atomic mass is 16.4. The van der Waals surface area contributed by atoms with E-state index < -0.39 is 0 Å². The van der Waals surface area contributed by atoms with Crippen molar-refractivity contribution >= 4 is 5.71 Å². The molecular weight excluding hydrogens is 286 g/mol. The van der Waals surface area contributed by atoms with Crippen molar-refractivity contribution in [3.8, 4) is 5.75 Å². The molecule has 0 heterocycles. The number of aromatic hydroxyl groups is 1. The fraction of sp³-hybridized carbons (Fsp3) is 0.650. The van der Waals surface area contributed by atoms with Crippen LogP contribution >= 0.6 is 0 Å². The minimum absolute atomic E-state index is 0.0859. The Balaban J connectivity index is 2.17. The number of hydrogen-bond acceptors (Lipinski definition) is 3. The van der Waals surface area contributed by atoms with Crippen molar-refractivity contribution in [3.05, 3.63) is 28.8 Å². The Hall–Kier alpha value is -1.51. The van der Waals surface area contributed by atoms with Crippen molar-refractivity contribution in [3.63, 3.8) is 0 Å². The number of benzene rings is 1. The lowest BCUT2D eigenvalue weighted by Crippen LogP contribution is -2.52. The lowest BCUT2D eigenvalue weighted by molar-refractivity contribution is 0.117. The Bertz CT molecular complexity index is 660. The van der Waals surface area contributed by atoms with E-state index in [0.29, 0.717) is 17.6 Å². The molecule has 3 rings (SSSR count). The molecule has 0 amide bonds. The predicted octanol–water partition coefficient (Wildman–Crippen LogP) is 4.99. The molecule has 3 nitrogen and oxygen atoms in total. The number of oxime groups is 1. The maximum absolute atomic E-state index is 10.3. The first-order valence-corrected chi connectivity index (χ1v) is 8.80. The second-order valence-corrected chi connectivity index (χ2v) is 8.46. The van der Waals surface area contributed by atoms with E-state index in [1.807, 2.05) is 6.07 Å². The molecule has 1 aromatic carbocycles. The van der Waals surface area contributed by atoms with Crippen molar-refractivity contribution in [1.82, 2.24) is 0 Å². The molecule has 2 aliphatic rings. The average molecular weight is 315 g/mol. The predicted molar refractivity (Wildman–Crippen MR) is 93.6 cm³/mol. The molecule has 0 aromatic heterocycles. The quantitative estimate of drug-likeness (QED) is 0.567. The van der Waals surface area contributed by atoms with Gasteiger partial charge in [-0.3, -0.25) is 0 Å². The molecule has 0 spiro atoms. The largest absolute Gasteiger partial charge is 0.508 e. The highest BCUT2D eigenvalue weighted by molar-refractivity contribution is 5.90. The second-order valence-electron chi connectivity index (χ2n) is 8.46. The molecule has 126 valence electrons. The van der Waals surface area contributed by atoms with Crippen molar-refractivity contribution in [2.24, 2.45) is 16.5 Å². The summed E-state index contributed by atoms with van der Waals surface area (Å²) in [5, 5.41) is 23.4. The Morgan fingerprint density at radius 1 is 1.17 bits per heavy atom. The van der Waals surface area contributed by atoms with E-state index in [1.165, 1.54) is 11.1 Å². The second kappa shape index (κ2) is 5.25. The van der Waals surface area contributed by atoms with Gasteiger partial charge in [-0.2, -0.15) is 0 Å². The van der Waals surface area contributed by atoms with Gasteiger partial charge in [0.15, 0.2) is 0 Å². The van der Waals surface area contributed by atoms with E-state index in [9.17, 15) is 10.3 Å². The van der Waals surface area contributed by atoms with Crippen LogP contribution in [0.4, 0.5) is 0 Å². The molecule has 1 aromatic rings. The molecule has 2 atom stereocenters. The van der Waals surface area contributed by atoms with Crippen LogP contribution in [0.2, 0.25) is 0 Å². The number of phenols is 1. The molecule has 1 saturated carbocycles. The van der Waals surface area contributed by atoms with Gasteiger partial charge in [-0.15, -0.1) is 0 Å². The fourth-order valence-electron chi connectivity index (χ4n) is 5.44. The number of phenolic OH excluding ortho intramolecular Hbond substituents is 1. The highest BCUT2D eigenvalue weighted by Gasteiger charge is 2.53. The first kappa shape index (κ1) is 16.4. The van der Waals surface area contributed by atoms with E-state index in [-0.39, 0.29) is 10.8 Å². The van der Waals surface area contributed by atoms with Crippen molar-refractivity contribution < 1.29 is 10.3 Å². The van der Waals surface area contributed by atoms with Crippen LogP contribution in [-0.2, 0) is 11.8 Å². The zero-order valence-corrected chi connectivity index (χ0v) is 15.0. The normalized spacial score (nSPS) is 31.0. The zero-order chi connectivity index (χ0) is 17.0. The summed E-state index contributed by atoms with van der Waals surface area (Å²) in [5.41, 5.74) is 4.82. The first-order valence-electron chi connectivity index (χ1n) is 8.80. The van der Waals surface area contributed by atoms with Crippen LogP contribution < -0.4 is 0 Å². The Kier molecular flexibility index (Phi) is 3.74. The van der Waals surface area contributed by atoms with Gasteiger partial charge in [-0.1, -0.05) is 45.8 Å². The molecule has 0 unspecified atom stereocenters. The minimum atomic E-state index is -0.0880. The van der Waals surface area contributed by atoms with Crippen molar-refractivity contribution in [1.29, 1.82) is 0 Å². The minimum Gasteiger partial charge on any atom is -0.508 e. The van der Waals surface area contributed by atoms with Crippen LogP contribution in [0.5, 0.6) is 5.75 Å². The molecule has 0 radical (unpaired) electrons. The maximum Gasteiger partial charge on any atom is 0.119 e. The number of nitrogens with zero attached hydrogens (tertiary/aromatic N) is 1. The molecule has 0 aliphatic heterocycles. The summed E-state index contributed by atoms with van der Waals surface area (Å²) < 4.78 is 0. The van der Waals surface area contributed by atoms with Crippen molar-refractivity contribution in [2.45, 2.75) is 71.6 Å². The molecule has 0 bridgehead atoms. The summed E-state index contributed by atoms with van der Waals surface area (Å²) in [5.74, 6) is 1.23. The summed E-state index contributed by atoms with van der Waals surface area (Å²) in [6.45, 7) is 11.1. The van der Waals surface area contributed by atoms with Crippen LogP contribution in [-0.4, -0.2) is 16.0 Å².